The molecule has 8 atom stereocenters. The van der Waals surface area contributed by atoms with Crippen LogP contribution in [0.3, 0.4) is 0 Å². The lowest BCUT2D eigenvalue weighted by Gasteiger charge is -2.42. The van der Waals surface area contributed by atoms with Crippen LogP contribution in [0.1, 0.15) is 6.42 Å². The van der Waals surface area contributed by atoms with Crippen molar-refractivity contribution in [2.75, 3.05) is 0 Å². The largest absolute Gasteiger partial charge is 0.299 e. The number of carbonyl (C=O) groups is 2. The molecule has 2 bridgehead atoms. The van der Waals surface area contributed by atoms with Crippen LogP contribution in [0.5, 0.6) is 0 Å². The van der Waals surface area contributed by atoms with Crippen molar-refractivity contribution in [2.24, 2.45) is 47.3 Å². The summed E-state index contributed by atoms with van der Waals surface area (Å²) >= 11 is 0. The lowest BCUT2D eigenvalue weighted by molar-refractivity contribution is -0.145. The Morgan fingerprint density at radius 2 is 1.23 bits per heavy atom. The summed E-state index contributed by atoms with van der Waals surface area (Å²) in [4.78, 5) is 23.8. The zero-order chi connectivity index (χ0) is 8.48. The van der Waals surface area contributed by atoms with E-state index >= 15 is 0 Å². The molecular formula is C11H10O2. The normalized spacial score (nSPS) is 74.2. The molecule has 5 rings (SSSR count). The van der Waals surface area contributed by atoms with E-state index in [1.54, 1.807) is 0 Å². The third kappa shape index (κ3) is 0.323. The Hall–Kier alpha value is -0.660. The van der Waals surface area contributed by atoms with Gasteiger partial charge in [-0.1, -0.05) is 0 Å². The Balaban J connectivity index is 1.92. The van der Waals surface area contributed by atoms with Crippen molar-refractivity contribution in [2.45, 2.75) is 6.42 Å². The predicted molar refractivity (Wildman–Crippen MR) is 42.6 cm³/mol. The Bertz CT molecular complexity index is 346. The molecular weight excluding hydrogens is 164 g/mol. The highest BCUT2D eigenvalue weighted by Crippen LogP contribution is 2.80. The van der Waals surface area contributed by atoms with E-state index in [1.807, 2.05) is 0 Å². The standard InChI is InChI=1S/C11H10O2/c12-10-6-2-1-3-5-4(2)8(10)9(5)11(13)7(3)6/h2-9H,1H2/t2-,3+,4-,5+,6+,7-,8-,9-/m1/s1. The van der Waals surface area contributed by atoms with E-state index in [4.69, 9.17) is 0 Å². The lowest BCUT2D eigenvalue weighted by Crippen LogP contribution is -2.47. The highest BCUT2D eigenvalue weighted by atomic mass is 16.1. The van der Waals surface area contributed by atoms with Crippen LogP contribution < -0.4 is 0 Å². The van der Waals surface area contributed by atoms with E-state index in [-0.39, 0.29) is 23.7 Å². The molecule has 0 aromatic rings. The molecule has 0 aromatic heterocycles. The van der Waals surface area contributed by atoms with Gasteiger partial charge < -0.3 is 0 Å². The van der Waals surface area contributed by atoms with Gasteiger partial charge in [-0.05, 0) is 30.1 Å². The van der Waals surface area contributed by atoms with Gasteiger partial charge in [0.2, 0.25) is 0 Å². The molecule has 13 heavy (non-hydrogen) atoms. The molecule has 0 radical (unpaired) electrons. The molecule has 2 nitrogen and oxygen atoms in total. The van der Waals surface area contributed by atoms with Crippen LogP contribution in [0.2, 0.25) is 0 Å². The number of fused-ring (bicyclic) bond motifs is 2. The molecule has 5 aliphatic carbocycles. The molecule has 0 aliphatic heterocycles. The fourth-order valence-electron chi connectivity index (χ4n) is 5.80. The Morgan fingerprint density at radius 1 is 0.769 bits per heavy atom. The van der Waals surface area contributed by atoms with E-state index in [9.17, 15) is 9.59 Å². The maximum absolute atomic E-state index is 11.9. The SMILES string of the molecule is O=C1[C@@H]2[C@H]3C[C@H]4[C@@H]2C(=O)[C@H]2[C@H]1[C@@H]3[C@@H]42. The second-order valence-corrected chi connectivity index (χ2v) is 5.63. The van der Waals surface area contributed by atoms with Gasteiger partial charge in [-0.25, -0.2) is 0 Å². The molecule has 2 heteroatoms. The Labute approximate surface area is 75.7 Å². The second-order valence-electron chi connectivity index (χ2n) is 5.63. The average Bonchev–Trinajstić information content (AvgIpc) is 2.52. The van der Waals surface area contributed by atoms with Crippen LogP contribution in [-0.2, 0) is 9.59 Å². The van der Waals surface area contributed by atoms with E-state index in [1.165, 1.54) is 6.42 Å². The monoisotopic (exact) mass is 174 g/mol. The predicted octanol–water partition coefficient (Wildman–Crippen LogP) is 0.512. The van der Waals surface area contributed by atoms with E-state index in [2.05, 4.69) is 0 Å². The van der Waals surface area contributed by atoms with Gasteiger partial charge >= 0.3 is 0 Å². The van der Waals surface area contributed by atoms with Crippen LogP contribution in [0, 0.1) is 47.3 Å². The molecule has 5 saturated carbocycles. The molecule has 0 unspecified atom stereocenters. The summed E-state index contributed by atoms with van der Waals surface area (Å²) < 4.78 is 0. The first-order valence-electron chi connectivity index (χ1n) is 5.38. The Kier molecular flexibility index (Phi) is 0.602. The van der Waals surface area contributed by atoms with Crippen molar-refractivity contribution >= 4 is 11.6 Å². The smallest absolute Gasteiger partial charge is 0.141 e. The number of rotatable bonds is 0. The number of Topliss-reactive ketones (excluding diaryl/α,β-unsaturated/α-hetero) is 2. The molecule has 5 aliphatic rings. The van der Waals surface area contributed by atoms with Crippen LogP contribution in [0.25, 0.3) is 0 Å². The van der Waals surface area contributed by atoms with E-state index in [0.717, 1.165) is 0 Å². The van der Waals surface area contributed by atoms with Gasteiger partial charge in [0, 0.05) is 23.7 Å². The van der Waals surface area contributed by atoms with Gasteiger partial charge in [0.05, 0.1) is 0 Å². The van der Waals surface area contributed by atoms with Gasteiger partial charge in [0.1, 0.15) is 11.6 Å². The zero-order valence-corrected chi connectivity index (χ0v) is 7.14. The fourth-order valence-corrected chi connectivity index (χ4v) is 5.80. The number of hydrogen-bond acceptors (Lipinski definition) is 2. The van der Waals surface area contributed by atoms with Crippen LogP contribution in [0.4, 0.5) is 0 Å². The molecule has 0 heterocycles. The van der Waals surface area contributed by atoms with Crippen molar-refractivity contribution in [1.82, 2.24) is 0 Å². The molecule has 0 N–H and O–H groups in total. The first-order valence-corrected chi connectivity index (χ1v) is 5.38. The third-order valence-corrected chi connectivity index (χ3v) is 5.82. The minimum Gasteiger partial charge on any atom is -0.299 e. The minimum absolute atomic E-state index is 0.211. The summed E-state index contributed by atoms with van der Waals surface area (Å²) in [6, 6.07) is 0. The van der Waals surface area contributed by atoms with Gasteiger partial charge in [-0.15, -0.1) is 0 Å². The number of hydrogen-bond donors (Lipinski definition) is 0. The highest BCUT2D eigenvalue weighted by molar-refractivity contribution is 6.06. The van der Waals surface area contributed by atoms with Gasteiger partial charge in [-0.2, -0.15) is 0 Å². The fraction of sp³-hybridized carbons (Fsp3) is 0.818. The van der Waals surface area contributed by atoms with Crippen molar-refractivity contribution in [3.05, 3.63) is 0 Å². The summed E-state index contributed by atoms with van der Waals surface area (Å²) in [5, 5.41) is 0. The maximum Gasteiger partial charge on any atom is 0.141 e. The first kappa shape index (κ1) is 5.94. The van der Waals surface area contributed by atoms with Crippen molar-refractivity contribution in [1.29, 1.82) is 0 Å². The second kappa shape index (κ2) is 1.32. The average molecular weight is 174 g/mol. The topological polar surface area (TPSA) is 34.1 Å². The number of carbonyl (C=O) groups excluding carboxylic acids is 2. The maximum atomic E-state index is 11.9. The van der Waals surface area contributed by atoms with E-state index < -0.39 is 0 Å². The van der Waals surface area contributed by atoms with Crippen molar-refractivity contribution < 1.29 is 9.59 Å². The molecule has 5 fully saturated rings. The summed E-state index contributed by atoms with van der Waals surface area (Å²) in [5.74, 6) is 4.49. The van der Waals surface area contributed by atoms with Crippen LogP contribution in [0.15, 0.2) is 0 Å². The Morgan fingerprint density at radius 3 is 1.69 bits per heavy atom. The van der Waals surface area contributed by atoms with Gasteiger partial charge in [0.25, 0.3) is 0 Å². The quantitative estimate of drug-likeness (QED) is 0.536. The summed E-state index contributed by atoms with van der Waals surface area (Å²) in [6.07, 6.45) is 1.22. The molecule has 0 spiro atoms. The summed E-state index contributed by atoms with van der Waals surface area (Å²) in [5.41, 5.74) is 0. The van der Waals surface area contributed by atoms with E-state index in [0.29, 0.717) is 35.2 Å². The van der Waals surface area contributed by atoms with Gasteiger partial charge in [0.15, 0.2) is 0 Å². The highest BCUT2D eigenvalue weighted by Gasteiger charge is 2.84. The van der Waals surface area contributed by atoms with Gasteiger partial charge in [-0.3, -0.25) is 9.59 Å². The van der Waals surface area contributed by atoms with Crippen LogP contribution in [-0.4, -0.2) is 11.6 Å². The van der Waals surface area contributed by atoms with Crippen molar-refractivity contribution in [3.63, 3.8) is 0 Å². The zero-order valence-electron chi connectivity index (χ0n) is 7.14. The minimum atomic E-state index is 0.211. The summed E-state index contributed by atoms with van der Waals surface area (Å²) in [7, 11) is 0. The number of ketones is 2. The lowest BCUT2D eigenvalue weighted by atomic mass is 9.59. The molecule has 0 saturated heterocycles. The first-order chi connectivity index (χ1) is 6.30. The summed E-state index contributed by atoms with van der Waals surface area (Å²) in [6.45, 7) is 0. The third-order valence-electron chi connectivity index (χ3n) is 5.82. The molecule has 0 aromatic carbocycles. The van der Waals surface area contributed by atoms with Crippen LogP contribution >= 0.6 is 0 Å². The van der Waals surface area contributed by atoms with Crippen molar-refractivity contribution in [3.8, 4) is 0 Å². The molecule has 0 amide bonds. The molecule has 66 valence electrons.